The highest BCUT2D eigenvalue weighted by Crippen LogP contribution is 2.27. The molecule has 0 aliphatic rings. The second-order valence-corrected chi connectivity index (χ2v) is 5.60. The summed E-state index contributed by atoms with van der Waals surface area (Å²) in [5.41, 5.74) is 7.59. The zero-order valence-electron chi connectivity index (χ0n) is 13.0. The number of nitrogens with zero attached hydrogens (tertiary/aromatic N) is 1. The molecular formula is C18H26N2O. The molecule has 21 heavy (non-hydrogen) atoms. The molecule has 0 fully saturated rings. The molecule has 0 spiro atoms. The van der Waals surface area contributed by atoms with E-state index in [2.05, 4.69) is 24.5 Å². The van der Waals surface area contributed by atoms with Gasteiger partial charge in [-0.15, -0.1) is 0 Å². The van der Waals surface area contributed by atoms with Gasteiger partial charge in [0.15, 0.2) is 5.72 Å². The average Bonchev–Trinajstić information content (AvgIpc) is 2.90. The van der Waals surface area contributed by atoms with E-state index in [1.165, 1.54) is 5.69 Å². The second-order valence-electron chi connectivity index (χ2n) is 5.60. The van der Waals surface area contributed by atoms with Crippen LogP contribution in [0.4, 0.5) is 0 Å². The molecule has 0 amide bonds. The average molecular weight is 286 g/mol. The Kier molecular flexibility index (Phi) is 5.21. The van der Waals surface area contributed by atoms with Gasteiger partial charge in [-0.2, -0.15) is 0 Å². The first-order valence-electron chi connectivity index (χ1n) is 7.86. The minimum absolute atomic E-state index is 0.726. The quantitative estimate of drug-likeness (QED) is 0.767. The third kappa shape index (κ3) is 3.36. The van der Waals surface area contributed by atoms with Crippen molar-refractivity contribution in [3.8, 4) is 0 Å². The summed E-state index contributed by atoms with van der Waals surface area (Å²) in [6.45, 7) is 5.25. The van der Waals surface area contributed by atoms with Gasteiger partial charge in [-0.05, 0) is 25.0 Å². The van der Waals surface area contributed by atoms with Crippen LogP contribution in [0.25, 0.3) is 0 Å². The third-order valence-electron chi connectivity index (χ3n) is 3.92. The zero-order valence-corrected chi connectivity index (χ0v) is 13.0. The smallest absolute Gasteiger partial charge is 0.181 e. The Morgan fingerprint density at radius 1 is 1.05 bits per heavy atom. The maximum Gasteiger partial charge on any atom is 0.181 e. The van der Waals surface area contributed by atoms with Crippen molar-refractivity contribution in [2.45, 2.75) is 51.8 Å². The predicted molar refractivity (Wildman–Crippen MR) is 87.0 cm³/mol. The third-order valence-corrected chi connectivity index (χ3v) is 3.92. The van der Waals surface area contributed by atoms with Crippen LogP contribution in [0.1, 0.15) is 50.1 Å². The topological polar surface area (TPSA) is 51.2 Å². The van der Waals surface area contributed by atoms with Gasteiger partial charge >= 0.3 is 0 Å². The van der Waals surface area contributed by atoms with Crippen LogP contribution in [-0.4, -0.2) is 9.67 Å². The van der Waals surface area contributed by atoms with Crippen LogP contribution in [0.2, 0.25) is 0 Å². The molecule has 114 valence electrons. The summed E-state index contributed by atoms with van der Waals surface area (Å²) < 4.78 is 2.19. The number of hydrogen-bond acceptors (Lipinski definition) is 2. The summed E-state index contributed by atoms with van der Waals surface area (Å²) in [5.74, 6) is 0. The van der Waals surface area contributed by atoms with Crippen molar-refractivity contribution in [2.24, 2.45) is 5.73 Å². The van der Waals surface area contributed by atoms with Gasteiger partial charge in [-0.3, -0.25) is 5.73 Å². The molecule has 1 aromatic heterocycles. The number of aromatic nitrogens is 1. The first kappa shape index (κ1) is 15.8. The number of hydrogen-bond donors (Lipinski definition) is 2. The number of unbranched alkanes of at least 4 members (excludes halogenated alkanes) is 1. The van der Waals surface area contributed by atoms with E-state index in [1.807, 2.05) is 36.4 Å². The monoisotopic (exact) mass is 286 g/mol. The van der Waals surface area contributed by atoms with Gasteiger partial charge in [0.05, 0.1) is 5.69 Å². The van der Waals surface area contributed by atoms with Crippen LogP contribution in [-0.2, 0) is 18.7 Å². The summed E-state index contributed by atoms with van der Waals surface area (Å²) in [6, 6.07) is 13.5. The van der Waals surface area contributed by atoms with E-state index in [0.29, 0.717) is 0 Å². The molecule has 0 aliphatic heterocycles. The molecule has 1 heterocycles. The summed E-state index contributed by atoms with van der Waals surface area (Å²) in [7, 11) is 0. The van der Waals surface area contributed by atoms with Crippen molar-refractivity contribution in [1.29, 1.82) is 0 Å². The first-order chi connectivity index (χ1) is 10.1. The summed E-state index contributed by atoms with van der Waals surface area (Å²) in [5, 5.41) is 10.9. The van der Waals surface area contributed by atoms with Crippen LogP contribution >= 0.6 is 0 Å². The highest BCUT2D eigenvalue weighted by molar-refractivity contribution is 5.33. The van der Waals surface area contributed by atoms with Crippen molar-refractivity contribution >= 4 is 0 Å². The first-order valence-corrected chi connectivity index (χ1v) is 7.86. The predicted octanol–water partition coefficient (Wildman–Crippen LogP) is 3.39. The maximum absolute atomic E-state index is 10.9. The van der Waals surface area contributed by atoms with E-state index in [4.69, 9.17) is 5.73 Å². The lowest BCUT2D eigenvalue weighted by Gasteiger charge is -2.26. The summed E-state index contributed by atoms with van der Waals surface area (Å²) in [4.78, 5) is 0. The van der Waals surface area contributed by atoms with Crippen LogP contribution in [0, 0.1) is 0 Å². The highest BCUT2D eigenvalue weighted by Gasteiger charge is 2.30. The Labute approximate surface area is 127 Å². The molecule has 0 bridgehead atoms. The molecule has 0 saturated carbocycles. The Morgan fingerprint density at radius 3 is 2.38 bits per heavy atom. The van der Waals surface area contributed by atoms with Gasteiger partial charge in [0.2, 0.25) is 0 Å². The fourth-order valence-corrected chi connectivity index (χ4v) is 2.74. The van der Waals surface area contributed by atoms with E-state index in [0.717, 1.165) is 43.5 Å². The Morgan fingerprint density at radius 2 is 1.76 bits per heavy atom. The van der Waals surface area contributed by atoms with E-state index < -0.39 is 5.72 Å². The normalized spacial score (nSPS) is 14.1. The molecule has 0 radical (unpaired) electrons. The van der Waals surface area contributed by atoms with Crippen LogP contribution in [0.15, 0.2) is 42.5 Å². The SMILES string of the molecule is CCCCn1c(CCC)ccc1C(N)(O)c1ccccc1. The van der Waals surface area contributed by atoms with E-state index in [1.54, 1.807) is 0 Å². The standard InChI is InChI=1S/C18H26N2O/c1-3-5-14-20-16(9-4-2)12-13-17(20)18(19,21)15-10-7-6-8-11-15/h6-8,10-13,21H,3-5,9,14,19H2,1-2H3. The van der Waals surface area contributed by atoms with Crippen molar-refractivity contribution < 1.29 is 5.11 Å². The zero-order chi connectivity index (χ0) is 15.3. The van der Waals surface area contributed by atoms with Crippen LogP contribution < -0.4 is 5.73 Å². The van der Waals surface area contributed by atoms with Gasteiger partial charge in [-0.25, -0.2) is 0 Å². The van der Waals surface area contributed by atoms with Crippen molar-refractivity contribution in [1.82, 2.24) is 4.57 Å². The lowest BCUT2D eigenvalue weighted by Crippen LogP contribution is -2.40. The lowest BCUT2D eigenvalue weighted by atomic mass is 10.0. The van der Waals surface area contributed by atoms with E-state index in [9.17, 15) is 5.11 Å². The molecule has 1 aromatic carbocycles. The molecule has 1 atom stereocenters. The second kappa shape index (κ2) is 6.92. The van der Waals surface area contributed by atoms with Gasteiger partial charge in [0.25, 0.3) is 0 Å². The largest absolute Gasteiger partial charge is 0.367 e. The number of nitrogens with two attached hydrogens (primary N) is 1. The number of aryl methyl sites for hydroxylation is 1. The van der Waals surface area contributed by atoms with Crippen molar-refractivity contribution in [3.63, 3.8) is 0 Å². The summed E-state index contributed by atoms with van der Waals surface area (Å²) in [6.07, 6.45) is 4.30. The Hall–Kier alpha value is -1.58. The van der Waals surface area contributed by atoms with Gasteiger partial charge in [0, 0.05) is 17.8 Å². The Balaban J connectivity index is 2.42. The Bertz CT molecular complexity index is 558. The minimum Gasteiger partial charge on any atom is -0.367 e. The summed E-state index contributed by atoms with van der Waals surface area (Å²) >= 11 is 0. The molecule has 0 saturated heterocycles. The highest BCUT2D eigenvalue weighted by atomic mass is 16.3. The molecule has 3 nitrogen and oxygen atoms in total. The molecule has 2 aromatic rings. The number of benzene rings is 1. The molecule has 1 unspecified atom stereocenters. The minimum atomic E-state index is -1.44. The molecule has 0 aliphatic carbocycles. The number of rotatable bonds is 7. The van der Waals surface area contributed by atoms with Gasteiger partial charge in [0.1, 0.15) is 0 Å². The van der Waals surface area contributed by atoms with Crippen LogP contribution in [0.3, 0.4) is 0 Å². The van der Waals surface area contributed by atoms with E-state index >= 15 is 0 Å². The fourth-order valence-electron chi connectivity index (χ4n) is 2.74. The van der Waals surface area contributed by atoms with Gasteiger partial charge < -0.3 is 9.67 Å². The fraction of sp³-hybridized carbons (Fsp3) is 0.444. The van der Waals surface area contributed by atoms with Gasteiger partial charge in [-0.1, -0.05) is 57.0 Å². The molecular weight excluding hydrogens is 260 g/mol. The lowest BCUT2D eigenvalue weighted by molar-refractivity contribution is 0.0790. The van der Waals surface area contributed by atoms with Crippen LogP contribution in [0.5, 0.6) is 0 Å². The molecule has 3 heteroatoms. The maximum atomic E-state index is 10.9. The van der Waals surface area contributed by atoms with Crippen molar-refractivity contribution in [2.75, 3.05) is 0 Å². The number of aliphatic hydroxyl groups is 1. The van der Waals surface area contributed by atoms with E-state index in [-0.39, 0.29) is 0 Å². The molecule has 3 N–H and O–H groups in total. The van der Waals surface area contributed by atoms with Crippen molar-refractivity contribution in [3.05, 3.63) is 59.4 Å². The molecule has 2 rings (SSSR count).